The van der Waals surface area contributed by atoms with Crippen molar-refractivity contribution in [1.82, 2.24) is 9.97 Å². The van der Waals surface area contributed by atoms with Crippen LogP contribution in [0.5, 0.6) is 0 Å². The lowest BCUT2D eigenvalue weighted by Crippen LogP contribution is -2.11. The molecule has 1 atom stereocenters. The van der Waals surface area contributed by atoms with Gasteiger partial charge in [-0.2, -0.15) is 8.73 Å². The molecule has 0 fully saturated rings. The summed E-state index contributed by atoms with van der Waals surface area (Å²) in [4.78, 5) is 8.61. The van der Waals surface area contributed by atoms with Gasteiger partial charge in [0.1, 0.15) is 11.4 Å². The summed E-state index contributed by atoms with van der Waals surface area (Å²) in [5.74, 6) is 0. The molecule has 0 amide bonds. The van der Waals surface area contributed by atoms with Gasteiger partial charge >= 0.3 is 0 Å². The number of halogens is 2. The number of hydrogen-bond acceptors (Lipinski definition) is 5. The first-order chi connectivity index (χ1) is 10.1. The van der Waals surface area contributed by atoms with E-state index in [4.69, 9.17) is 23.2 Å². The number of aromatic nitrogens is 2. The van der Waals surface area contributed by atoms with Crippen LogP contribution in [-0.2, 0) is 11.4 Å². The van der Waals surface area contributed by atoms with E-state index in [9.17, 15) is 0 Å². The number of nitrogens with one attached hydrogen (secondary N) is 1. The van der Waals surface area contributed by atoms with Crippen molar-refractivity contribution in [3.63, 3.8) is 0 Å². The minimum atomic E-state index is -0.0673. The second-order valence-electron chi connectivity index (χ2n) is 4.57. The molecule has 0 radical (unpaired) electrons. The van der Waals surface area contributed by atoms with Crippen LogP contribution in [-0.4, -0.2) is 9.97 Å². The van der Waals surface area contributed by atoms with Crippen molar-refractivity contribution in [1.29, 1.82) is 0 Å². The minimum absolute atomic E-state index is 0.0673. The van der Waals surface area contributed by atoms with E-state index in [2.05, 4.69) is 24.0 Å². The Kier molecular flexibility index (Phi) is 3.93. The monoisotopic (exact) mass is 339 g/mol. The second-order valence-corrected chi connectivity index (χ2v) is 5.91. The largest absolute Gasteiger partial charge is 0.374 e. The zero-order valence-corrected chi connectivity index (χ0v) is 13.6. The average molecular weight is 340 g/mol. The molecule has 0 saturated heterocycles. The molecule has 1 unspecified atom stereocenters. The first-order valence-corrected chi connectivity index (χ1v) is 7.71. The van der Waals surface area contributed by atoms with E-state index in [1.54, 1.807) is 18.5 Å². The van der Waals surface area contributed by atoms with E-state index in [-0.39, 0.29) is 6.04 Å². The third-order valence-electron chi connectivity index (χ3n) is 3.13. The Morgan fingerprint density at radius 1 is 1.10 bits per heavy atom. The lowest BCUT2D eigenvalue weighted by atomic mass is 10.1. The summed E-state index contributed by atoms with van der Waals surface area (Å²) in [6, 6.07) is 1.60. The van der Waals surface area contributed by atoms with Crippen LogP contribution in [0.15, 0.2) is 27.2 Å². The molecule has 1 aromatic carbocycles. The molecular weight excluding hydrogens is 329 g/mol. The number of fused-ring (bicyclic) bond motifs is 1. The van der Waals surface area contributed by atoms with Crippen LogP contribution in [0.4, 0.5) is 17.1 Å². The molecule has 1 aliphatic heterocycles. The number of anilines is 1. The van der Waals surface area contributed by atoms with E-state index in [0.29, 0.717) is 27.1 Å². The lowest BCUT2D eigenvalue weighted by Gasteiger charge is -2.18. The summed E-state index contributed by atoms with van der Waals surface area (Å²) < 4.78 is 8.46. The van der Waals surface area contributed by atoms with Crippen LogP contribution in [0.3, 0.4) is 0 Å². The normalized spacial score (nSPS) is 13.7. The van der Waals surface area contributed by atoms with Gasteiger partial charge in [-0.1, -0.05) is 23.2 Å². The number of nitrogens with zero attached hydrogens (tertiary/aromatic N) is 4. The molecule has 1 N–H and O–H groups in total. The van der Waals surface area contributed by atoms with Gasteiger partial charge in [0.15, 0.2) is 0 Å². The number of aryl methyl sites for hydroxylation is 1. The zero-order chi connectivity index (χ0) is 15.0. The molecule has 2 aromatic rings. The molecular formula is C13H11Cl2N5S. The topological polar surface area (TPSA) is 62.5 Å². The van der Waals surface area contributed by atoms with Gasteiger partial charge in [-0.15, -0.1) is 0 Å². The van der Waals surface area contributed by atoms with E-state index in [1.165, 1.54) is 0 Å². The second kappa shape index (κ2) is 5.71. The van der Waals surface area contributed by atoms with Crippen LogP contribution in [0, 0.1) is 6.92 Å². The van der Waals surface area contributed by atoms with Crippen molar-refractivity contribution in [2.45, 2.75) is 19.9 Å². The Hall–Kier alpha value is -1.50. The van der Waals surface area contributed by atoms with Crippen LogP contribution >= 0.6 is 23.2 Å². The van der Waals surface area contributed by atoms with Crippen molar-refractivity contribution in [2.24, 2.45) is 8.73 Å². The Labute approximate surface area is 135 Å². The van der Waals surface area contributed by atoms with Gasteiger partial charge in [-0.05, 0) is 19.9 Å². The molecule has 0 aliphatic carbocycles. The third-order valence-corrected chi connectivity index (χ3v) is 4.25. The van der Waals surface area contributed by atoms with Gasteiger partial charge in [0, 0.05) is 12.4 Å². The first-order valence-electron chi connectivity index (χ1n) is 6.22. The van der Waals surface area contributed by atoms with E-state index in [1.807, 2.05) is 13.8 Å². The molecule has 3 rings (SSSR count). The summed E-state index contributed by atoms with van der Waals surface area (Å²) in [7, 11) is 0. The van der Waals surface area contributed by atoms with Crippen LogP contribution in [0.1, 0.15) is 24.4 Å². The van der Waals surface area contributed by atoms with E-state index in [0.717, 1.165) is 22.7 Å². The molecule has 5 nitrogen and oxygen atoms in total. The molecule has 108 valence electrons. The predicted octanol–water partition coefficient (Wildman–Crippen LogP) is 4.99. The van der Waals surface area contributed by atoms with Crippen molar-refractivity contribution >= 4 is 51.6 Å². The average Bonchev–Trinajstić information content (AvgIpc) is 2.93. The Bertz CT molecular complexity index is 786. The van der Waals surface area contributed by atoms with Crippen molar-refractivity contribution in [3.8, 4) is 0 Å². The van der Waals surface area contributed by atoms with Gasteiger partial charge in [-0.25, -0.2) is 0 Å². The van der Waals surface area contributed by atoms with E-state index >= 15 is 0 Å². The highest BCUT2D eigenvalue weighted by Gasteiger charge is 2.21. The van der Waals surface area contributed by atoms with Crippen molar-refractivity contribution in [3.05, 3.63) is 39.9 Å². The van der Waals surface area contributed by atoms with Gasteiger partial charge in [-0.3, -0.25) is 9.97 Å². The fourth-order valence-corrected chi connectivity index (χ4v) is 3.31. The first kappa shape index (κ1) is 14.4. The zero-order valence-electron chi connectivity index (χ0n) is 11.3. The van der Waals surface area contributed by atoms with E-state index < -0.39 is 0 Å². The van der Waals surface area contributed by atoms with Gasteiger partial charge < -0.3 is 5.32 Å². The molecule has 0 spiro atoms. The quantitative estimate of drug-likeness (QED) is 0.730. The van der Waals surface area contributed by atoms with Crippen LogP contribution in [0.25, 0.3) is 0 Å². The maximum atomic E-state index is 6.29. The Morgan fingerprint density at radius 2 is 1.81 bits per heavy atom. The van der Waals surface area contributed by atoms with Crippen molar-refractivity contribution < 1.29 is 0 Å². The summed E-state index contributed by atoms with van der Waals surface area (Å²) in [6.45, 7) is 3.91. The standard InChI is InChI=1S/C13H11Cl2N5S/c1-6-10(17-4-3-16-6)7(2)18-11-8(14)5-9(15)12-13(11)20-21-19-12/h3-5,7,18H,1-2H3. The molecule has 1 aliphatic rings. The maximum absolute atomic E-state index is 6.29. The highest BCUT2D eigenvalue weighted by molar-refractivity contribution is 7.58. The SMILES string of the molecule is Cc1nccnc1C(C)Nc1c(Cl)cc(Cl)c2c1N=S=N2. The molecule has 21 heavy (non-hydrogen) atoms. The Morgan fingerprint density at radius 3 is 2.57 bits per heavy atom. The number of rotatable bonds is 3. The highest BCUT2D eigenvalue weighted by Crippen LogP contribution is 2.48. The molecule has 0 bridgehead atoms. The third kappa shape index (κ3) is 2.66. The fraction of sp³-hybridized carbons (Fsp3) is 0.231. The van der Waals surface area contributed by atoms with Crippen LogP contribution < -0.4 is 5.32 Å². The maximum Gasteiger partial charge on any atom is 0.130 e. The summed E-state index contributed by atoms with van der Waals surface area (Å²) in [6.07, 6.45) is 3.34. The molecule has 1 aromatic heterocycles. The lowest BCUT2D eigenvalue weighted by molar-refractivity contribution is 0.810. The van der Waals surface area contributed by atoms with Gasteiger partial charge in [0.2, 0.25) is 0 Å². The minimum Gasteiger partial charge on any atom is -0.374 e. The summed E-state index contributed by atoms with van der Waals surface area (Å²) in [5.41, 5.74) is 3.76. The summed E-state index contributed by atoms with van der Waals surface area (Å²) >= 11 is 13.5. The smallest absolute Gasteiger partial charge is 0.130 e. The molecule has 8 heteroatoms. The molecule has 0 saturated carbocycles. The molecule has 2 heterocycles. The highest BCUT2D eigenvalue weighted by atomic mass is 35.5. The number of benzene rings is 1. The van der Waals surface area contributed by atoms with Gasteiger partial charge in [0.05, 0.1) is 44.5 Å². The fourth-order valence-electron chi connectivity index (χ4n) is 2.14. The predicted molar refractivity (Wildman–Crippen MR) is 86.8 cm³/mol. The Balaban J connectivity index is 1.98. The van der Waals surface area contributed by atoms with Crippen LogP contribution in [0.2, 0.25) is 10.0 Å². The summed E-state index contributed by atoms with van der Waals surface area (Å²) in [5, 5.41) is 4.34. The number of hydrogen-bond donors (Lipinski definition) is 1. The van der Waals surface area contributed by atoms with Gasteiger partial charge in [0.25, 0.3) is 0 Å². The van der Waals surface area contributed by atoms with Crippen molar-refractivity contribution in [2.75, 3.05) is 5.32 Å².